The van der Waals surface area contributed by atoms with Gasteiger partial charge in [-0.05, 0) is 74.2 Å². The SMILES string of the molecule is CC(C)(C)OC(=O)N1CC(C)(CO)c2cc(-c3ccnc(Nc4ccc5c(c4)CCOC5)n3)cc(C#N)c21. The monoisotopic (exact) mass is 513 g/mol. The molecular weight excluding hydrogens is 482 g/mol. The number of fused-ring (bicyclic) bond motifs is 2. The highest BCUT2D eigenvalue weighted by molar-refractivity contribution is 5.95. The molecule has 2 N–H and O–H groups in total. The number of aliphatic hydroxyl groups is 1. The molecule has 0 saturated heterocycles. The third-order valence-corrected chi connectivity index (χ3v) is 6.81. The molecule has 38 heavy (non-hydrogen) atoms. The van der Waals surface area contributed by atoms with Gasteiger partial charge in [-0.1, -0.05) is 13.0 Å². The van der Waals surface area contributed by atoms with Crippen molar-refractivity contribution < 1.29 is 19.4 Å². The number of nitriles is 1. The highest BCUT2D eigenvalue weighted by Crippen LogP contribution is 2.45. The first kappa shape index (κ1) is 25.6. The van der Waals surface area contributed by atoms with Gasteiger partial charge >= 0.3 is 6.09 Å². The Labute approximate surface area is 222 Å². The summed E-state index contributed by atoms with van der Waals surface area (Å²) in [5.41, 5.74) is 4.63. The largest absolute Gasteiger partial charge is 0.443 e. The lowest BCUT2D eigenvalue weighted by molar-refractivity contribution is 0.0575. The fourth-order valence-corrected chi connectivity index (χ4v) is 4.89. The van der Waals surface area contributed by atoms with Crippen molar-refractivity contribution in [1.82, 2.24) is 9.97 Å². The van der Waals surface area contributed by atoms with Crippen molar-refractivity contribution in [2.24, 2.45) is 0 Å². The Hall–Kier alpha value is -4.00. The van der Waals surface area contributed by atoms with E-state index in [0.29, 0.717) is 47.2 Å². The smallest absolute Gasteiger partial charge is 0.414 e. The van der Waals surface area contributed by atoms with Gasteiger partial charge in [0.05, 0.1) is 36.8 Å². The van der Waals surface area contributed by atoms with Gasteiger partial charge in [0.25, 0.3) is 0 Å². The number of hydrogen-bond donors (Lipinski definition) is 2. The number of carbonyl (C=O) groups excluding carboxylic acids is 1. The molecule has 5 rings (SSSR count). The van der Waals surface area contributed by atoms with Crippen LogP contribution in [0.1, 0.15) is 49.9 Å². The van der Waals surface area contributed by atoms with E-state index in [4.69, 9.17) is 14.5 Å². The van der Waals surface area contributed by atoms with Gasteiger partial charge in [0.15, 0.2) is 0 Å². The summed E-state index contributed by atoms with van der Waals surface area (Å²) in [7, 11) is 0. The summed E-state index contributed by atoms with van der Waals surface area (Å²) in [5.74, 6) is 0.425. The van der Waals surface area contributed by atoms with Gasteiger partial charge in [-0.15, -0.1) is 0 Å². The maximum Gasteiger partial charge on any atom is 0.414 e. The lowest BCUT2D eigenvalue weighted by Crippen LogP contribution is -2.40. The van der Waals surface area contributed by atoms with Gasteiger partial charge in [0.2, 0.25) is 5.95 Å². The van der Waals surface area contributed by atoms with E-state index in [1.165, 1.54) is 16.0 Å². The number of nitrogens with one attached hydrogen (secondary N) is 1. The molecule has 0 spiro atoms. The standard InChI is InChI=1S/C29H31N5O4/c1-28(2,3)38-27(36)34-16-29(4,17-35)23-13-20(11-21(14-30)25(23)34)24-7-9-31-26(33-24)32-22-6-5-19-15-37-10-8-18(19)12-22/h5-7,9,11-13,35H,8,10,15-17H2,1-4H3,(H,31,32,33). The normalized spacial score (nSPS) is 18.4. The van der Waals surface area contributed by atoms with Gasteiger partial charge in [-0.3, -0.25) is 4.90 Å². The van der Waals surface area contributed by atoms with Gasteiger partial charge in [0.1, 0.15) is 11.7 Å². The Bertz CT molecular complexity index is 1440. The van der Waals surface area contributed by atoms with Crippen LogP contribution in [0.2, 0.25) is 0 Å². The second kappa shape index (κ2) is 9.71. The molecule has 0 bridgehead atoms. The summed E-state index contributed by atoms with van der Waals surface area (Å²) in [4.78, 5) is 23.6. The number of nitrogens with zero attached hydrogens (tertiary/aromatic N) is 4. The third-order valence-electron chi connectivity index (χ3n) is 6.81. The lowest BCUT2D eigenvalue weighted by atomic mass is 9.83. The summed E-state index contributed by atoms with van der Waals surface area (Å²) in [6.07, 6.45) is 1.97. The van der Waals surface area contributed by atoms with Crippen LogP contribution in [-0.4, -0.2) is 46.5 Å². The number of rotatable bonds is 4. The molecule has 1 aromatic heterocycles. The number of anilines is 3. The first-order valence-electron chi connectivity index (χ1n) is 12.6. The molecule has 2 aliphatic heterocycles. The van der Waals surface area contributed by atoms with Crippen molar-refractivity contribution in [1.29, 1.82) is 5.26 Å². The lowest BCUT2D eigenvalue weighted by Gasteiger charge is -2.26. The first-order valence-corrected chi connectivity index (χ1v) is 12.6. The van der Waals surface area contributed by atoms with Crippen LogP contribution in [-0.2, 0) is 27.9 Å². The van der Waals surface area contributed by atoms with E-state index in [9.17, 15) is 15.2 Å². The van der Waals surface area contributed by atoms with E-state index in [-0.39, 0.29) is 13.2 Å². The molecule has 2 aliphatic rings. The number of hydrogen-bond acceptors (Lipinski definition) is 8. The molecule has 0 saturated carbocycles. The molecule has 9 heteroatoms. The quantitative estimate of drug-likeness (QED) is 0.509. The zero-order chi connectivity index (χ0) is 27.1. The van der Waals surface area contributed by atoms with Gasteiger partial charge in [-0.25, -0.2) is 14.8 Å². The Kier molecular flexibility index (Phi) is 6.55. The predicted molar refractivity (Wildman–Crippen MR) is 143 cm³/mol. The minimum Gasteiger partial charge on any atom is -0.443 e. The fraction of sp³-hybridized carbons (Fsp3) is 0.379. The number of carbonyl (C=O) groups is 1. The van der Waals surface area contributed by atoms with Crippen LogP contribution in [0, 0.1) is 11.3 Å². The van der Waals surface area contributed by atoms with E-state index >= 15 is 0 Å². The highest BCUT2D eigenvalue weighted by atomic mass is 16.6. The summed E-state index contributed by atoms with van der Waals surface area (Å²) >= 11 is 0. The predicted octanol–water partition coefficient (Wildman–Crippen LogP) is 4.84. The average Bonchev–Trinajstić information content (AvgIpc) is 3.21. The summed E-state index contributed by atoms with van der Waals surface area (Å²) < 4.78 is 11.1. The first-order chi connectivity index (χ1) is 18.1. The molecule has 0 aliphatic carbocycles. The number of ether oxygens (including phenoxy) is 2. The van der Waals surface area contributed by atoms with Gasteiger partial charge in [-0.2, -0.15) is 5.26 Å². The zero-order valence-corrected chi connectivity index (χ0v) is 22.0. The van der Waals surface area contributed by atoms with Crippen LogP contribution in [0.15, 0.2) is 42.6 Å². The highest BCUT2D eigenvalue weighted by Gasteiger charge is 2.44. The van der Waals surface area contributed by atoms with Gasteiger partial charge < -0.3 is 19.9 Å². The Morgan fingerprint density at radius 2 is 2.08 bits per heavy atom. The second-order valence-electron chi connectivity index (χ2n) is 11.0. The van der Waals surface area contributed by atoms with Crippen molar-refractivity contribution >= 4 is 23.4 Å². The molecule has 2 aromatic carbocycles. The Morgan fingerprint density at radius 1 is 1.26 bits per heavy atom. The molecule has 3 aromatic rings. The molecule has 3 heterocycles. The van der Waals surface area contributed by atoms with Gasteiger partial charge in [0, 0.05) is 29.4 Å². The minimum absolute atomic E-state index is 0.200. The summed E-state index contributed by atoms with van der Waals surface area (Å²) in [6, 6.07) is 13.7. The number of benzene rings is 2. The summed E-state index contributed by atoms with van der Waals surface area (Å²) in [6.45, 7) is 8.58. The number of aliphatic hydroxyl groups excluding tert-OH is 1. The van der Waals surface area contributed by atoms with Crippen LogP contribution in [0.25, 0.3) is 11.3 Å². The van der Waals surface area contributed by atoms with E-state index in [2.05, 4.69) is 22.4 Å². The molecular formula is C29H31N5O4. The van der Waals surface area contributed by atoms with Crippen molar-refractivity contribution in [2.75, 3.05) is 30.0 Å². The van der Waals surface area contributed by atoms with Crippen LogP contribution in [0.5, 0.6) is 0 Å². The maximum atomic E-state index is 13.0. The maximum absolute atomic E-state index is 13.0. The van der Waals surface area contributed by atoms with Crippen molar-refractivity contribution in [2.45, 2.75) is 51.7 Å². The molecule has 9 nitrogen and oxygen atoms in total. The topological polar surface area (TPSA) is 121 Å². The second-order valence-corrected chi connectivity index (χ2v) is 11.0. The van der Waals surface area contributed by atoms with Crippen molar-refractivity contribution in [3.8, 4) is 17.3 Å². The van der Waals surface area contributed by atoms with Crippen LogP contribution < -0.4 is 10.2 Å². The van der Waals surface area contributed by atoms with E-state index in [0.717, 1.165) is 12.1 Å². The molecule has 1 atom stereocenters. The Balaban J connectivity index is 1.50. The molecule has 0 radical (unpaired) electrons. The van der Waals surface area contributed by atoms with Crippen molar-refractivity contribution in [3.63, 3.8) is 0 Å². The van der Waals surface area contributed by atoms with Crippen LogP contribution in [0.4, 0.5) is 22.1 Å². The van der Waals surface area contributed by atoms with Crippen molar-refractivity contribution in [3.05, 3.63) is 64.8 Å². The molecule has 1 unspecified atom stereocenters. The third kappa shape index (κ3) is 4.93. The Morgan fingerprint density at radius 3 is 2.82 bits per heavy atom. The van der Waals surface area contributed by atoms with E-state index < -0.39 is 17.1 Å². The molecule has 196 valence electrons. The zero-order valence-electron chi connectivity index (χ0n) is 22.0. The summed E-state index contributed by atoms with van der Waals surface area (Å²) in [5, 5.41) is 23.6. The molecule has 0 fully saturated rings. The number of aromatic nitrogens is 2. The molecule has 1 amide bonds. The average molecular weight is 514 g/mol. The van der Waals surface area contributed by atoms with E-state index in [1.807, 2.05) is 25.1 Å². The van der Waals surface area contributed by atoms with Crippen LogP contribution in [0.3, 0.4) is 0 Å². The number of amides is 1. The van der Waals surface area contributed by atoms with Crippen LogP contribution >= 0.6 is 0 Å². The van der Waals surface area contributed by atoms with E-state index in [1.54, 1.807) is 39.1 Å². The minimum atomic E-state index is -0.769. The fourth-order valence-electron chi connectivity index (χ4n) is 4.89.